The number of nitrogens with one attached hydrogen (secondary N) is 1. The van der Waals surface area contributed by atoms with Crippen LogP contribution in [0.1, 0.15) is 16.8 Å². The third-order valence-corrected chi connectivity index (χ3v) is 4.14. The molecule has 25 heavy (non-hydrogen) atoms. The predicted molar refractivity (Wildman–Crippen MR) is 98.9 cm³/mol. The highest BCUT2D eigenvalue weighted by Gasteiger charge is 2.10. The number of hydrogen-bond acceptors (Lipinski definition) is 6. The van der Waals surface area contributed by atoms with E-state index < -0.39 is 0 Å². The van der Waals surface area contributed by atoms with E-state index in [0.717, 1.165) is 23.6 Å². The van der Waals surface area contributed by atoms with Crippen LogP contribution in [0.2, 0.25) is 0 Å². The number of aromatic nitrogens is 2. The largest absolute Gasteiger partial charge is 0.494 e. The van der Waals surface area contributed by atoms with Crippen molar-refractivity contribution < 1.29 is 9.53 Å². The summed E-state index contributed by atoms with van der Waals surface area (Å²) >= 11 is 1.36. The minimum Gasteiger partial charge on any atom is -0.494 e. The van der Waals surface area contributed by atoms with E-state index in [0.29, 0.717) is 23.8 Å². The number of nitrogens with zero attached hydrogens (tertiary/aromatic N) is 2. The third kappa shape index (κ3) is 4.62. The van der Waals surface area contributed by atoms with Gasteiger partial charge in [0.05, 0.1) is 12.3 Å². The van der Waals surface area contributed by atoms with E-state index in [2.05, 4.69) is 15.3 Å². The molecule has 0 saturated heterocycles. The van der Waals surface area contributed by atoms with Crippen LogP contribution < -0.4 is 15.8 Å². The number of amides is 1. The molecule has 2 heterocycles. The van der Waals surface area contributed by atoms with Gasteiger partial charge in [0.1, 0.15) is 11.4 Å². The van der Waals surface area contributed by atoms with Gasteiger partial charge in [-0.3, -0.25) is 15.1 Å². The van der Waals surface area contributed by atoms with Crippen molar-refractivity contribution in [3.8, 4) is 17.1 Å². The highest BCUT2D eigenvalue weighted by Crippen LogP contribution is 2.23. The summed E-state index contributed by atoms with van der Waals surface area (Å²) in [7, 11) is 0. The summed E-state index contributed by atoms with van der Waals surface area (Å²) in [6, 6.07) is 12.6. The first-order chi connectivity index (χ1) is 12.3. The van der Waals surface area contributed by atoms with Crippen molar-refractivity contribution in [3.05, 3.63) is 59.6 Å². The lowest BCUT2D eigenvalue weighted by molar-refractivity contribution is 0.102. The fourth-order valence-electron chi connectivity index (χ4n) is 2.11. The van der Waals surface area contributed by atoms with Gasteiger partial charge in [-0.2, -0.15) is 0 Å². The van der Waals surface area contributed by atoms with E-state index in [1.165, 1.54) is 11.3 Å². The lowest BCUT2D eigenvalue weighted by Gasteiger charge is -2.06. The molecule has 0 aliphatic rings. The molecule has 1 aromatic carbocycles. The highest BCUT2D eigenvalue weighted by molar-refractivity contribution is 7.14. The van der Waals surface area contributed by atoms with Gasteiger partial charge in [-0.05, 0) is 49.4 Å². The molecular formula is C18H18N4O2S. The SMILES string of the molecule is NCCCOc1ccc(C(=O)Nc2nc(-c3ccccn3)cs2)cc1. The van der Waals surface area contributed by atoms with Crippen LogP contribution in [0.4, 0.5) is 5.13 Å². The van der Waals surface area contributed by atoms with Crippen LogP contribution in [0.3, 0.4) is 0 Å². The maximum absolute atomic E-state index is 12.3. The number of thiazole rings is 1. The van der Waals surface area contributed by atoms with Gasteiger partial charge in [-0.25, -0.2) is 4.98 Å². The van der Waals surface area contributed by atoms with Crippen LogP contribution in [0, 0.1) is 0 Å². The maximum Gasteiger partial charge on any atom is 0.257 e. The fraction of sp³-hybridized carbons (Fsp3) is 0.167. The van der Waals surface area contributed by atoms with Gasteiger partial charge in [0.15, 0.2) is 5.13 Å². The van der Waals surface area contributed by atoms with Gasteiger partial charge in [0.2, 0.25) is 0 Å². The van der Waals surface area contributed by atoms with E-state index in [1.54, 1.807) is 30.5 Å². The molecule has 0 radical (unpaired) electrons. The first-order valence-corrected chi connectivity index (χ1v) is 8.75. The normalized spacial score (nSPS) is 10.4. The Kier molecular flexibility index (Phi) is 5.71. The monoisotopic (exact) mass is 354 g/mol. The zero-order valence-electron chi connectivity index (χ0n) is 13.5. The van der Waals surface area contributed by atoms with E-state index in [9.17, 15) is 4.79 Å². The van der Waals surface area contributed by atoms with E-state index in [4.69, 9.17) is 10.5 Å². The molecule has 0 saturated carbocycles. The average molecular weight is 354 g/mol. The number of benzene rings is 1. The van der Waals surface area contributed by atoms with Crippen molar-refractivity contribution in [3.63, 3.8) is 0 Å². The summed E-state index contributed by atoms with van der Waals surface area (Å²) in [6.07, 6.45) is 2.51. The Morgan fingerprint density at radius 1 is 1.16 bits per heavy atom. The van der Waals surface area contributed by atoms with Crippen molar-refractivity contribution in [2.24, 2.45) is 5.73 Å². The molecule has 0 bridgehead atoms. The van der Waals surface area contributed by atoms with Gasteiger partial charge >= 0.3 is 0 Å². The van der Waals surface area contributed by atoms with E-state index >= 15 is 0 Å². The molecule has 3 rings (SSSR count). The average Bonchev–Trinajstić information content (AvgIpc) is 3.12. The van der Waals surface area contributed by atoms with Crippen LogP contribution in [-0.2, 0) is 0 Å². The predicted octanol–water partition coefficient (Wildman–Crippen LogP) is 3.19. The molecule has 6 nitrogen and oxygen atoms in total. The summed E-state index contributed by atoms with van der Waals surface area (Å²) in [5, 5.41) is 5.21. The highest BCUT2D eigenvalue weighted by atomic mass is 32.1. The van der Waals surface area contributed by atoms with Gasteiger partial charge < -0.3 is 10.5 Å². The topological polar surface area (TPSA) is 90.1 Å². The molecule has 3 aromatic rings. The fourth-order valence-corrected chi connectivity index (χ4v) is 2.81. The van der Waals surface area contributed by atoms with E-state index in [-0.39, 0.29) is 5.91 Å². The lowest BCUT2D eigenvalue weighted by Crippen LogP contribution is -2.11. The Balaban J connectivity index is 1.61. The second kappa shape index (κ2) is 8.36. The number of rotatable bonds is 7. The summed E-state index contributed by atoms with van der Waals surface area (Å²) in [4.78, 5) is 21.0. The third-order valence-electron chi connectivity index (χ3n) is 3.39. The van der Waals surface area contributed by atoms with Gasteiger partial charge in [-0.15, -0.1) is 11.3 Å². The maximum atomic E-state index is 12.3. The Bertz CT molecular complexity index is 819. The quantitative estimate of drug-likeness (QED) is 0.636. The number of anilines is 1. The molecule has 0 atom stereocenters. The van der Waals surface area contributed by atoms with Crippen molar-refractivity contribution in [1.82, 2.24) is 9.97 Å². The Morgan fingerprint density at radius 2 is 2.00 bits per heavy atom. The molecule has 0 fully saturated rings. The second-order valence-corrected chi connectivity index (χ2v) is 6.08. The number of carbonyl (C=O) groups excluding carboxylic acids is 1. The number of carbonyl (C=O) groups is 1. The molecule has 0 unspecified atom stereocenters. The molecule has 0 aliphatic heterocycles. The minimum absolute atomic E-state index is 0.213. The summed E-state index contributed by atoms with van der Waals surface area (Å²) < 4.78 is 5.52. The Morgan fingerprint density at radius 3 is 2.72 bits per heavy atom. The first-order valence-electron chi connectivity index (χ1n) is 7.87. The number of nitrogens with two attached hydrogens (primary N) is 1. The van der Waals surface area contributed by atoms with Crippen molar-refractivity contribution in [1.29, 1.82) is 0 Å². The molecule has 1 amide bonds. The number of hydrogen-bond donors (Lipinski definition) is 2. The van der Waals surface area contributed by atoms with Crippen LogP contribution >= 0.6 is 11.3 Å². The first kappa shape index (κ1) is 17.1. The number of pyridine rings is 1. The summed E-state index contributed by atoms with van der Waals surface area (Å²) in [5.41, 5.74) is 7.49. The zero-order chi connectivity index (χ0) is 17.5. The molecule has 3 N–H and O–H groups in total. The van der Waals surface area contributed by atoms with Crippen LogP contribution in [0.5, 0.6) is 5.75 Å². The van der Waals surface area contributed by atoms with Crippen LogP contribution in [0.25, 0.3) is 11.4 Å². The van der Waals surface area contributed by atoms with Crippen LogP contribution in [-0.4, -0.2) is 29.0 Å². The molecule has 0 aliphatic carbocycles. The van der Waals surface area contributed by atoms with Crippen molar-refractivity contribution in [2.45, 2.75) is 6.42 Å². The number of ether oxygens (including phenoxy) is 1. The smallest absolute Gasteiger partial charge is 0.257 e. The van der Waals surface area contributed by atoms with Crippen molar-refractivity contribution in [2.75, 3.05) is 18.5 Å². The second-order valence-electron chi connectivity index (χ2n) is 5.22. The lowest BCUT2D eigenvalue weighted by atomic mass is 10.2. The van der Waals surface area contributed by atoms with E-state index in [1.807, 2.05) is 23.6 Å². The summed E-state index contributed by atoms with van der Waals surface area (Å²) in [6.45, 7) is 1.16. The Labute approximate surface area is 149 Å². The molecule has 2 aromatic heterocycles. The van der Waals surface area contributed by atoms with Crippen molar-refractivity contribution >= 4 is 22.4 Å². The summed E-state index contributed by atoms with van der Waals surface area (Å²) in [5.74, 6) is 0.507. The molecule has 0 spiro atoms. The van der Waals surface area contributed by atoms with Gasteiger partial charge in [-0.1, -0.05) is 6.07 Å². The van der Waals surface area contributed by atoms with Gasteiger partial charge in [0, 0.05) is 17.1 Å². The van der Waals surface area contributed by atoms with Gasteiger partial charge in [0.25, 0.3) is 5.91 Å². The zero-order valence-corrected chi connectivity index (χ0v) is 14.3. The Hall–Kier alpha value is -2.77. The minimum atomic E-state index is -0.213. The molecule has 128 valence electrons. The molecular weight excluding hydrogens is 336 g/mol. The standard InChI is InChI=1S/C18H18N4O2S/c19-9-3-11-24-14-7-5-13(6-8-14)17(23)22-18-21-16(12-25-18)15-4-1-2-10-20-15/h1-2,4-8,10,12H,3,9,11,19H2,(H,21,22,23). The van der Waals surface area contributed by atoms with Crippen LogP contribution in [0.15, 0.2) is 54.0 Å². The molecule has 7 heteroatoms.